The second kappa shape index (κ2) is 5.21. The molecule has 1 aromatic rings. The van der Waals surface area contributed by atoms with Gasteiger partial charge in [0.05, 0.1) is 0 Å². The van der Waals surface area contributed by atoms with Crippen molar-refractivity contribution in [1.29, 1.82) is 0 Å². The number of carbonyl (C=O) groups excluding carboxylic acids is 1. The molecule has 1 rings (SSSR count). The summed E-state index contributed by atoms with van der Waals surface area (Å²) in [6.07, 6.45) is 0.816. The van der Waals surface area contributed by atoms with Crippen LogP contribution >= 0.6 is 0 Å². The lowest BCUT2D eigenvalue weighted by Crippen LogP contribution is -2.37. The van der Waals surface area contributed by atoms with E-state index in [4.69, 9.17) is 0 Å². The van der Waals surface area contributed by atoms with Crippen molar-refractivity contribution >= 4 is 5.91 Å². The maximum atomic E-state index is 12.1. The number of phenols is 1. The highest BCUT2D eigenvalue weighted by Crippen LogP contribution is 2.23. The zero-order valence-electron chi connectivity index (χ0n) is 11.0. The molecular formula is C14H21NO2. The van der Waals surface area contributed by atoms with Crippen molar-refractivity contribution in [2.24, 2.45) is 5.41 Å². The van der Waals surface area contributed by atoms with Crippen LogP contribution < -0.4 is 0 Å². The molecule has 0 spiro atoms. The monoisotopic (exact) mass is 235 g/mol. The van der Waals surface area contributed by atoms with Gasteiger partial charge in [-0.3, -0.25) is 4.79 Å². The van der Waals surface area contributed by atoms with Gasteiger partial charge in [-0.1, -0.05) is 32.9 Å². The van der Waals surface area contributed by atoms with Gasteiger partial charge < -0.3 is 10.0 Å². The molecule has 0 atom stereocenters. The topological polar surface area (TPSA) is 40.5 Å². The number of carbonyl (C=O) groups is 1. The fourth-order valence-electron chi connectivity index (χ4n) is 1.67. The Hall–Kier alpha value is -1.51. The van der Waals surface area contributed by atoms with Gasteiger partial charge in [-0.2, -0.15) is 0 Å². The third-order valence-electron chi connectivity index (χ3n) is 3.14. The number of amides is 1. The lowest BCUT2D eigenvalue weighted by molar-refractivity contribution is -0.139. The van der Waals surface area contributed by atoms with Crippen molar-refractivity contribution < 1.29 is 9.90 Å². The molecule has 1 amide bonds. The molecule has 0 radical (unpaired) electrons. The fraction of sp³-hybridized carbons (Fsp3) is 0.500. The van der Waals surface area contributed by atoms with Gasteiger partial charge in [0.1, 0.15) is 5.75 Å². The summed E-state index contributed by atoms with van der Waals surface area (Å²) >= 11 is 0. The molecule has 3 heteroatoms. The Balaban J connectivity index is 2.73. The van der Waals surface area contributed by atoms with Crippen molar-refractivity contribution in [2.75, 3.05) is 7.05 Å². The highest BCUT2D eigenvalue weighted by molar-refractivity contribution is 5.81. The molecule has 0 aliphatic heterocycles. The van der Waals surface area contributed by atoms with Crippen LogP contribution in [0.5, 0.6) is 5.75 Å². The highest BCUT2D eigenvalue weighted by atomic mass is 16.3. The average Bonchev–Trinajstić information content (AvgIpc) is 2.28. The number of rotatable bonds is 4. The Labute approximate surface area is 103 Å². The van der Waals surface area contributed by atoms with Gasteiger partial charge in [-0.25, -0.2) is 0 Å². The van der Waals surface area contributed by atoms with Gasteiger partial charge in [-0.05, 0) is 24.1 Å². The Morgan fingerprint density at radius 2 is 2.06 bits per heavy atom. The lowest BCUT2D eigenvalue weighted by atomic mass is 9.88. The van der Waals surface area contributed by atoms with E-state index >= 15 is 0 Å². The molecule has 0 unspecified atom stereocenters. The average molecular weight is 235 g/mol. The first-order valence-corrected chi connectivity index (χ1v) is 5.90. The molecule has 94 valence electrons. The summed E-state index contributed by atoms with van der Waals surface area (Å²) in [6, 6.07) is 7.00. The van der Waals surface area contributed by atoms with Crippen molar-refractivity contribution in [3.05, 3.63) is 29.8 Å². The van der Waals surface area contributed by atoms with E-state index in [-0.39, 0.29) is 17.1 Å². The summed E-state index contributed by atoms with van der Waals surface area (Å²) < 4.78 is 0. The minimum Gasteiger partial charge on any atom is -0.508 e. The standard InChI is InChI=1S/C14H21NO2/c1-5-14(2,3)13(17)15(4)10-11-7-6-8-12(16)9-11/h6-9,16H,5,10H2,1-4H3. The van der Waals surface area contributed by atoms with Gasteiger partial charge in [0.25, 0.3) is 0 Å². The van der Waals surface area contributed by atoms with E-state index in [9.17, 15) is 9.90 Å². The van der Waals surface area contributed by atoms with E-state index in [0.29, 0.717) is 6.54 Å². The van der Waals surface area contributed by atoms with Crippen molar-refractivity contribution in [3.63, 3.8) is 0 Å². The number of benzene rings is 1. The third-order valence-corrected chi connectivity index (χ3v) is 3.14. The van der Waals surface area contributed by atoms with E-state index < -0.39 is 0 Å². The molecule has 3 nitrogen and oxygen atoms in total. The molecule has 0 heterocycles. The molecule has 0 aliphatic rings. The third kappa shape index (κ3) is 3.48. The normalized spacial score (nSPS) is 11.3. The molecule has 0 aliphatic carbocycles. The summed E-state index contributed by atoms with van der Waals surface area (Å²) in [4.78, 5) is 13.9. The van der Waals surface area contributed by atoms with Crippen LogP contribution in [0, 0.1) is 5.41 Å². The fourth-order valence-corrected chi connectivity index (χ4v) is 1.67. The van der Waals surface area contributed by atoms with Gasteiger partial charge in [0.15, 0.2) is 0 Å². The summed E-state index contributed by atoms with van der Waals surface area (Å²) in [5.41, 5.74) is 0.610. The van der Waals surface area contributed by atoms with Gasteiger partial charge in [-0.15, -0.1) is 0 Å². The number of aromatic hydroxyl groups is 1. The molecular weight excluding hydrogens is 214 g/mol. The van der Waals surface area contributed by atoms with Gasteiger partial charge >= 0.3 is 0 Å². The van der Waals surface area contributed by atoms with Crippen LogP contribution in [0.15, 0.2) is 24.3 Å². The summed E-state index contributed by atoms with van der Waals surface area (Å²) in [5, 5.41) is 9.37. The minimum absolute atomic E-state index is 0.128. The van der Waals surface area contributed by atoms with Gasteiger partial charge in [0.2, 0.25) is 5.91 Å². The lowest BCUT2D eigenvalue weighted by Gasteiger charge is -2.28. The van der Waals surface area contributed by atoms with Crippen molar-refractivity contribution in [2.45, 2.75) is 33.7 Å². The number of nitrogens with zero attached hydrogens (tertiary/aromatic N) is 1. The van der Waals surface area contributed by atoms with Crippen LogP contribution in [0.4, 0.5) is 0 Å². The first-order chi connectivity index (χ1) is 7.86. The Morgan fingerprint density at radius 3 is 2.59 bits per heavy atom. The second-order valence-electron chi connectivity index (χ2n) is 5.07. The maximum Gasteiger partial charge on any atom is 0.228 e. The summed E-state index contributed by atoms with van der Waals surface area (Å²) in [5.74, 6) is 0.362. The first-order valence-electron chi connectivity index (χ1n) is 5.90. The van der Waals surface area contributed by atoms with E-state index in [1.54, 1.807) is 30.1 Å². The van der Waals surface area contributed by atoms with Crippen LogP contribution in [0.25, 0.3) is 0 Å². The van der Waals surface area contributed by atoms with Crippen LogP contribution in [0.2, 0.25) is 0 Å². The highest BCUT2D eigenvalue weighted by Gasteiger charge is 2.28. The quantitative estimate of drug-likeness (QED) is 0.871. The molecule has 0 bridgehead atoms. The molecule has 17 heavy (non-hydrogen) atoms. The molecule has 0 saturated carbocycles. The number of hydrogen-bond donors (Lipinski definition) is 1. The summed E-state index contributed by atoms with van der Waals surface area (Å²) in [7, 11) is 1.80. The van der Waals surface area contributed by atoms with Crippen molar-refractivity contribution in [3.8, 4) is 5.75 Å². The molecule has 1 N–H and O–H groups in total. The SMILES string of the molecule is CCC(C)(C)C(=O)N(C)Cc1cccc(O)c1. The van der Waals surface area contributed by atoms with E-state index in [1.165, 1.54) is 0 Å². The molecule has 0 aromatic heterocycles. The van der Waals surface area contributed by atoms with E-state index in [2.05, 4.69) is 0 Å². The molecule has 0 saturated heterocycles. The maximum absolute atomic E-state index is 12.1. The number of hydrogen-bond acceptors (Lipinski definition) is 2. The Bertz CT molecular complexity index is 399. The van der Waals surface area contributed by atoms with Gasteiger partial charge in [0, 0.05) is 19.0 Å². The molecule has 1 aromatic carbocycles. The van der Waals surface area contributed by atoms with Crippen LogP contribution in [0.3, 0.4) is 0 Å². The number of phenolic OH excluding ortho intramolecular Hbond substituents is 1. The largest absolute Gasteiger partial charge is 0.508 e. The van der Waals surface area contributed by atoms with Crippen LogP contribution in [-0.4, -0.2) is 23.0 Å². The van der Waals surface area contributed by atoms with E-state index in [1.807, 2.05) is 26.8 Å². The zero-order valence-corrected chi connectivity index (χ0v) is 11.0. The predicted molar refractivity (Wildman–Crippen MR) is 68.7 cm³/mol. The van der Waals surface area contributed by atoms with Crippen molar-refractivity contribution in [1.82, 2.24) is 4.90 Å². The predicted octanol–water partition coefficient (Wildman–Crippen LogP) is 2.79. The minimum atomic E-state index is -0.328. The Kier molecular flexibility index (Phi) is 4.16. The van der Waals surface area contributed by atoms with Crippen LogP contribution in [-0.2, 0) is 11.3 Å². The van der Waals surface area contributed by atoms with Crippen LogP contribution in [0.1, 0.15) is 32.8 Å². The smallest absolute Gasteiger partial charge is 0.228 e. The zero-order chi connectivity index (χ0) is 13.1. The molecule has 0 fully saturated rings. The Morgan fingerprint density at radius 1 is 1.41 bits per heavy atom. The van der Waals surface area contributed by atoms with E-state index in [0.717, 1.165) is 12.0 Å². The first kappa shape index (κ1) is 13.6. The second-order valence-corrected chi connectivity index (χ2v) is 5.07. The summed E-state index contributed by atoms with van der Waals surface area (Å²) in [6.45, 7) is 6.44.